The third-order valence-corrected chi connectivity index (χ3v) is 5.08. The number of nitrogen functional groups attached to an aromatic ring is 1. The summed E-state index contributed by atoms with van der Waals surface area (Å²) in [7, 11) is 0. The molecule has 31 heavy (non-hydrogen) atoms. The van der Waals surface area contributed by atoms with Crippen LogP contribution in [0.2, 0.25) is 0 Å². The van der Waals surface area contributed by atoms with Crippen LogP contribution < -0.4 is 15.4 Å². The van der Waals surface area contributed by atoms with Crippen LogP contribution in [0.15, 0.2) is 66.9 Å². The molecular formula is C23H27N5O3. The van der Waals surface area contributed by atoms with Gasteiger partial charge in [-0.2, -0.15) is 0 Å². The summed E-state index contributed by atoms with van der Waals surface area (Å²) in [6.45, 7) is 2.40. The SMILES string of the molecule is Nc1ncccc1C(=O)c1cccc(N2CCCN(C(=O)Oc3ccccc3)CC2)n1.[HH].[HH]. The van der Waals surface area contributed by atoms with Gasteiger partial charge >= 0.3 is 6.09 Å². The van der Waals surface area contributed by atoms with Gasteiger partial charge in [-0.3, -0.25) is 4.79 Å². The number of rotatable bonds is 4. The zero-order valence-corrected chi connectivity index (χ0v) is 17.0. The van der Waals surface area contributed by atoms with Gasteiger partial charge in [-0.05, 0) is 42.8 Å². The molecular weight excluding hydrogens is 394 g/mol. The summed E-state index contributed by atoms with van der Waals surface area (Å²) in [6, 6.07) is 17.7. The molecule has 0 bridgehead atoms. The summed E-state index contributed by atoms with van der Waals surface area (Å²) in [5.41, 5.74) is 6.48. The van der Waals surface area contributed by atoms with E-state index in [2.05, 4.69) is 14.9 Å². The Labute approximate surface area is 183 Å². The van der Waals surface area contributed by atoms with Crippen LogP contribution in [0, 0.1) is 0 Å². The number of pyridine rings is 2. The number of hydrogen-bond acceptors (Lipinski definition) is 7. The van der Waals surface area contributed by atoms with Gasteiger partial charge in [0.2, 0.25) is 5.78 Å². The number of hydrogen-bond donors (Lipinski definition) is 1. The van der Waals surface area contributed by atoms with Crippen LogP contribution in [-0.4, -0.2) is 52.9 Å². The Balaban J connectivity index is 0.00000193. The van der Waals surface area contributed by atoms with Crippen molar-refractivity contribution in [2.45, 2.75) is 6.42 Å². The first-order valence-corrected chi connectivity index (χ1v) is 10.1. The van der Waals surface area contributed by atoms with E-state index in [-0.39, 0.29) is 20.5 Å². The van der Waals surface area contributed by atoms with Crippen LogP contribution in [0.5, 0.6) is 5.75 Å². The Morgan fingerprint density at radius 2 is 1.77 bits per heavy atom. The van der Waals surface area contributed by atoms with Crippen molar-refractivity contribution in [1.29, 1.82) is 0 Å². The second-order valence-electron chi connectivity index (χ2n) is 7.16. The first-order valence-electron chi connectivity index (χ1n) is 10.1. The van der Waals surface area contributed by atoms with E-state index in [0.717, 1.165) is 13.0 Å². The minimum Gasteiger partial charge on any atom is -0.410 e. The van der Waals surface area contributed by atoms with Gasteiger partial charge < -0.3 is 20.3 Å². The molecule has 3 heterocycles. The fourth-order valence-electron chi connectivity index (χ4n) is 3.46. The van der Waals surface area contributed by atoms with Gasteiger partial charge in [-0.1, -0.05) is 24.3 Å². The Morgan fingerprint density at radius 1 is 0.935 bits per heavy atom. The van der Waals surface area contributed by atoms with Crippen molar-refractivity contribution < 1.29 is 17.2 Å². The highest BCUT2D eigenvalue weighted by atomic mass is 16.6. The predicted octanol–water partition coefficient (Wildman–Crippen LogP) is 3.49. The van der Waals surface area contributed by atoms with E-state index < -0.39 is 0 Å². The van der Waals surface area contributed by atoms with E-state index in [1.165, 1.54) is 0 Å². The molecule has 2 aromatic heterocycles. The van der Waals surface area contributed by atoms with Crippen LogP contribution in [-0.2, 0) is 0 Å². The highest BCUT2D eigenvalue weighted by molar-refractivity contribution is 6.10. The normalized spacial score (nSPS) is 14.1. The summed E-state index contributed by atoms with van der Waals surface area (Å²) >= 11 is 0. The highest BCUT2D eigenvalue weighted by Crippen LogP contribution is 2.19. The van der Waals surface area contributed by atoms with Crippen molar-refractivity contribution in [2.24, 2.45) is 0 Å². The van der Waals surface area contributed by atoms with Crippen LogP contribution in [0.3, 0.4) is 0 Å². The number of anilines is 2. The first kappa shape index (κ1) is 20.3. The van der Waals surface area contributed by atoms with Crippen molar-refractivity contribution >= 4 is 23.5 Å². The summed E-state index contributed by atoms with van der Waals surface area (Å²) in [5, 5.41) is 0. The molecule has 0 aliphatic carbocycles. The highest BCUT2D eigenvalue weighted by Gasteiger charge is 2.22. The molecule has 2 N–H and O–H groups in total. The third kappa shape index (κ3) is 4.80. The number of carbonyl (C=O) groups is 2. The van der Waals surface area contributed by atoms with Crippen molar-refractivity contribution in [3.05, 3.63) is 78.1 Å². The fourth-order valence-corrected chi connectivity index (χ4v) is 3.46. The van der Waals surface area contributed by atoms with Gasteiger partial charge in [0.05, 0.1) is 5.56 Å². The van der Waals surface area contributed by atoms with Gasteiger partial charge in [0.15, 0.2) is 0 Å². The van der Waals surface area contributed by atoms with Gasteiger partial charge in [-0.15, -0.1) is 0 Å². The van der Waals surface area contributed by atoms with Crippen molar-refractivity contribution in [1.82, 2.24) is 14.9 Å². The zero-order valence-electron chi connectivity index (χ0n) is 17.0. The molecule has 8 heteroatoms. The molecule has 0 spiro atoms. The Hall–Kier alpha value is -3.94. The minimum atomic E-state index is -0.364. The molecule has 1 aliphatic heterocycles. The lowest BCUT2D eigenvalue weighted by atomic mass is 10.1. The number of para-hydroxylation sites is 1. The van der Waals surface area contributed by atoms with Crippen LogP contribution in [0.4, 0.5) is 16.4 Å². The average molecular weight is 422 g/mol. The molecule has 1 aromatic carbocycles. The van der Waals surface area contributed by atoms with Crippen LogP contribution in [0.1, 0.15) is 25.3 Å². The Bertz CT molecular complexity index is 1080. The summed E-state index contributed by atoms with van der Waals surface area (Å²) in [4.78, 5) is 37.6. The van der Waals surface area contributed by atoms with E-state index in [1.54, 1.807) is 47.5 Å². The summed E-state index contributed by atoms with van der Waals surface area (Å²) in [6.07, 6.45) is 1.94. The van der Waals surface area contributed by atoms with Crippen molar-refractivity contribution in [2.75, 3.05) is 36.8 Å². The predicted molar refractivity (Wildman–Crippen MR) is 121 cm³/mol. The van der Waals surface area contributed by atoms with Crippen molar-refractivity contribution in [3.8, 4) is 5.75 Å². The van der Waals surface area contributed by atoms with Crippen LogP contribution in [0.25, 0.3) is 0 Å². The number of amides is 1. The Morgan fingerprint density at radius 3 is 2.58 bits per heavy atom. The number of nitrogens with two attached hydrogens (primary N) is 1. The lowest BCUT2D eigenvalue weighted by Gasteiger charge is -2.23. The van der Waals surface area contributed by atoms with E-state index >= 15 is 0 Å². The fraction of sp³-hybridized carbons (Fsp3) is 0.217. The quantitative estimate of drug-likeness (QED) is 0.643. The lowest BCUT2D eigenvalue weighted by Crippen LogP contribution is -2.37. The van der Waals surface area contributed by atoms with E-state index in [9.17, 15) is 9.59 Å². The average Bonchev–Trinajstić information content (AvgIpc) is 3.06. The molecule has 0 saturated carbocycles. The zero-order chi connectivity index (χ0) is 21.6. The largest absolute Gasteiger partial charge is 0.415 e. The minimum absolute atomic E-state index is 0. The molecule has 0 unspecified atom stereocenters. The maximum atomic E-state index is 12.8. The molecule has 4 rings (SSSR count). The van der Waals surface area contributed by atoms with E-state index in [1.807, 2.05) is 24.3 Å². The number of benzene rings is 1. The molecule has 3 aromatic rings. The molecule has 0 atom stereocenters. The number of ketones is 1. The second-order valence-corrected chi connectivity index (χ2v) is 7.16. The molecule has 1 saturated heterocycles. The van der Waals surface area contributed by atoms with Gasteiger partial charge in [-0.25, -0.2) is 14.8 Å². The number of carbonyl (C=O) groups excluding carboxylic acids is 2. The summed E-state index contributed by atoms with van der Waals surface area (Å²) in [5.74, 6) is 1.13. The maximum Gasteiger partial charge on any atom is 0.415 e. The monoisotopic (exact) mass is 421 g/mol. The number of nitrogens with zero attached hydrogens (tertiary/aromatic N) is 4. The lowest BCUT2D eigenvalue weighted by molar-refractivity contribution is 0.103. The topological polar surface area (TPSA) is 102 Å². The molecule has 1 amide bonds. The number of ether oxygens (including phenoxy) is 1. The first-order chi connectivity index (χ1) is 15.1. The molecule has 1 aliphatic rings. The standard InChI is InChI=1S/C23H23N5O3.2H2/c24-22-18(9-5-12-25-22)21(29)19-10-4-11-20(26-19)27-13-6-14-28(16-15-27)23(30)31-17-7-2-1-3-8-17;;/h1-5,7-12H,6,13-16H2,(H2,24,25);2*1H. The smallest absolute Gasteiger partial charge is 0.410 e. The molecule has 0 radical (unpaired) electrons. The third-order valence-electron chi connectivity index (χ3n) is 5.08. The molecule has 162 valence electrons. The van der Waals surface area contributed by atoms with Gasteiger partial charge in [0, 0.05) is 35.2 Å². The summed E-state index contributed by atoms with van der Waals surface area (Å²) < 4.78 is 5.45. The molecule has 1 fully saturated rings. The Kier molecular flexibility index (Phi) is 6.07. The van der Waals surface area contributed by atoms with Gasteiger partial charge in [0.1, 0.15) is 23.1 Å². The molecule has 8 nitrogen and oxygen atoms in total. The van der Waals surface area contributed by atoms with Crippen LogP contribution >= 0.6 is 0 Å². The number of aromatic nitrogens is 2. The van der Waals surface area contributed by atoms with E-state index in [0.29, 0.717) is 42.5 Å². The second kappa shape index (κ2) is 9.25. The maximum absolute atomic E-state index is 12.8. The van der Waals surface area contributed by atoms with E-state index in [4.69, 9.17) is 10.5 Å². The van der Waals surface area contributed by atoms with Gasteiger partial charge in [0.25, 0.3) is 0 Å². The van der Waals surface area contributed by atoms with Crippen molar-refractivity contribution in [3.63, 3.8) is 0 Å².